The molecule has 1 aromatic rings. The van der Waals surface area contributed by atoms with Crippen molar-refractivity contribution >= 4 is 17.5 Å². The SMILES string of the molecule is NC(=O)C1(C(=O)Nc2ccc(F)cc2)CCC1. The van der Waals surface area contributed by atoms with Gasteiger partial charge in [0.2, 0.25) is 11.8 Å². The number of hydrogen-bond donors (Lipinski definition) is 2. The predicted molar refractivity (Wildman–Crippen MR) is 60.5 cm³/mol. The number of nitrogens with one attached hydrogen (secondary N) is 1. The van der Waals surface area contributed by atoms with Gasteiger partial charge in [0, 0.05) is 5.69 Å². The van der Waals surface area contributed by atoms with E-state index in [0.29, 0.717) is 18.5 Å². The molecule has 1 aromatic carbocycles. The molecule has 0 atom stereocenters. The lowest BCUT2D eigenvalue weighted by Gasteiger charge is -2.36. The van der Waals surface area contributed by atoms with Gasteiger partial charge in [0.25, 0.3) is 0 Å². The Hall–Kier alpha value is -1.91. The quantitative estimate of drug-likeness (QED) is 0.779. The number of nitrogens with two attached hydrogens (primary N) is 1. The topological polar surface area (TPSA) is 72.2 Å². The van der Waals surface area contributed by atoms with E-state index < -0.39 is 17.2 Å². The van der Waals surface area contributed by atoms with E-state index in [-0.39, 0.29) is 5.82 Å². The molecule has 17 heavy (non-hydrogen) atoms. The number of primary amides is 1. The molecule has 3 N–H and O–H groups in total. The van der Waals surface area contributed by atoms with Crippen molar-refractivity contribution in [1.29, 1.82) is 0 Å². The van der Waals surface area contributed by atoms with Gasteiger partial charge in [-0.25, -0.2) is 4.39 Å². The van der Waals surface area contributed by atoms with Gasteiger partial charge in [-0.15, -0.1) is 0 Å². The minimum atomic E-state index is -1.08. The Balaban J connectivity index is 2.11. The molecule has 1 saturated carbocycles. The summed E-state index contributed by atoms with van der Waals surface area (Å²) in [5.74, 6) is -1.37. The molecule has 90 valence electrons. The lowest BCUT2D eigenvalue weighted by atomic mass is 9.67. The normalized spacial score (nSPS) is 17.0. The van der Waals surface area contributed by atoms with E-state index in [2.05, 4.69) is 5.32 Å². The van der Waals surface area contributed by atoms with Crippen LogP contribution in [0.15, 0.2) is 24.3 Å². The van der Waals surface area contributed by atoms with Crippen LogP contribution in [0.5, 0.6) is 0 Å². The van der Waals surface area contributed by atoms with E-state index in [1.54, 1.807) is 0 Å². The maximum atomic E-state index is 12.7. The van der Waals surface area contributed by atoms with Crippen LogP contribution < -0.4 is 11.1 Å². The summed E-state index contributed by atoms with van der Waals surface area (Å²) < 4.78 is 12.7. The summed E-state index contributed by atoms with van der Waals surface area (Å²) in [7, 11) is 0. The fraction of sp³-hybridized carbons (Fsp3) is 0.333. The maximum absolute atomic E-state index is 12.7. The van der Waals surface area contributed by atoms with Gasteiger partial charge >= 0.3 is 0 Å². The molecular weight excluding hydrogens is 223 g/mol. The van der Waals surface area contributed by atoms with Crippen LogP contribution in [0.2, 0.25) is 0 Å². The van der Waals surface area contributed by atoms with Crippen LogP contribution in [0.3, 0.4) is 0 Å². The van der Waals surface area contributed by atoms with Gasteiger partial charge in [-0.2, -0.15) is 0 Å². The number of carbonyl (C=O) groups is 2. The molecule has 0 heterocycles. The highest BCUT2D eigenvalue weighted by Gasteiger charge is 2.49. The monoisotopic (exact) mass is 236 g/mol. The number of anilines is 1. The number of hydrogen-bond acceptors (Lipinski definition) is 2. The average molecular weight is 236 g/mol. The first-order valence-electron chi connectivity index (χ1n) is 5.41. The molecule has 0 aliphatic heterocycles. The fourth-order valence-electron chi connectivity index (χ4n) is 1.90. The zero-order valence-electron chi connectivity index (χ0n) is 9.20. The standard InChI is InChI=1S/C12H13FN2O2/c13-8-2-4-9(5-3-8)15-11(17)12(10(14)16)6-1-7-12/h2-5H,1,6-7H2,(H2,14,16)(H,15,17). The number of carbonyl (C=O) groups excluding carboxylic acids is 2. The van der Waals surface area contributed by atoms with Crippen LogP contribution in [-0.2, 0) is 9.59 Å². The summed E-state index contributed by atoms with van der Waals surface area (Å²) >= 11 is 0. The van der Waals surface area contributed by atoms with Crippen LogP contribution >= 0.6 is 0 Å². The second-order valence-electron chi connectivity index (χ2n) is 4.26. The lowest BCUT2D eigenvalue weighted by Crippen LogP contribution is -2.51. The molecule has 1 aliphatic carbocycles. The van der Waals surface area contributed by atoms with Gasteiger partial charge in [-0.3, -0.25) is 9.59 Å². The first-order chi connectivity index (χ1) is 8.04. The third-order valence-electron chi connectivity index (χ3n) is 3.22. The predicted octanol–water partition coefficient (Wildman–Crippen LogP) is 1.42. The van der Waals surface area contributed by atoms with Crippen molar-refractivity contribution in [2.75, 3.05) is 5.32 Å². The zero-order valence-corrected chi connectivity index (χ0v) is 9.20. The van der Waals surface area contributed by atoms with E-state index in [9.17, 15) is 14.0 Å². The summed E-state index contributed by atoms with van der Waals surface area (Å²) in [5.41, 5.74) is 4.64. The van der Waals surface area contributed by atoms with Crippen molar-refractivity contribution in [2.45, 2.75) is 19.3 Å². The molecule has 5 heteroatoms. The second-order valence-corrected chi connectivity index (χ2v) is 4.26. The van der Waals surface area contributed by atoms with Crippen LogP contribution in [0.1, 0.15) is 19.3 Å². The third kappa shape index (κ3) is 2.00. The first-order valence-corrected chi connectivity index (χ1v) is 5.41. The largest absolute Gasteiger partial charge is 0.369 e. The van der Waals surface area contributed by atoms with E-state index in [1.165, 1.54) is 24.3 Å². The van der Waals surface area contributed by atoms with Gasteiger partial charge in [-0.05, 0) is 37.1 Å². The summed E-state index contributed by atoms with van der Waals surface area (Å²) in [4.78, 5) is 23.2. The fourth-order valence-corrected chi connectivity index (χ4v) is 1.90. The van der Waals surface area contributed by atoms with E-state index in [4.69, 9.17) is 5.73 Å². The molecule has 0 radical (unpaired) electrons. The summed E-state index contributed by atoms with van der Waals surface area (Å²) in [6.45, 7) is 0. The first kappa shape index (κ1) is 11.6. The number of rotatable bonds is 3. The van der Waals surface area contributed by atoms with Crippen molar-refractivity contribution in [3.05, 3.63) is 30.1 Å². The Morgan fingerprint density at radius 1 is 1.24 bits per heavy atom. The molecule has 4 nitrogen and oxygen atoms in total. The van der Waals surface area contributed by atoms with Gasteiger partial charge in [0.05, 0.1) is 0 Å². The Morgan fingerprint density at radius 3 is 2.24 bits per heavy atom. The Bertz CT molecular complexity index is 452. The van der Waals surface area contributed by atoms with Crippen molar-refractivity contribution in [3.8, 4) is 0 Å². The Morgan fingerprint density at radius 2 is 1.82 bits per heavy atom. The van der Waals surface area contributed by atoms with E-state index >= 15 is 0 Å². The van der Waals surface area contributed by atoms with Crippen LogP contribution in [0.4, 0.5) is 10.1 Å². The highest BCUT2D eigenvalue weighted by Crippen LogP contribution is 2.41. The third-order valence-corrected chi connectivity index (χ3v) is 3.22. The zero-order chi connectivity index (χ0) is 12.5. The lowest BCUT2D eigenvalue weighted by molar-refractivity contribution is -0.144. The molecule has 0 saturated heterocycles. The van der Waals surface area contributed by atoms with E-state index in [0.717, 1.165) is 6.42 Å². The molecule has 2 rings (SSSR count). The van der Waals surface area contributed by atoms with Crippen molar-refractivity contribution < 1.29 is 14.0 Å². The Labute approximate surface area is 98.0 Å². The van der Waals surface area contributed by atoms with Crippen molar-refractivity contribution in [1.82, 2.24) is 0 Å². The van der Waals surface area contributed by atoms with Crippen LogP contribution in [0, 0.1) is 11.2 Å². The van der Waals surface area contributed by atoms with Crippen molar-refractivity contribution in [3.63, 3.8) is 0 Å². The molecule has 0 unspecified atom stereocenters. The van der Waals surface area contributed by atoms with Crippen molar-refractivity contribution in [2.24, 2.45) is 11.1 Å². The molecular formula is C12H13FN2O2. The van der Waals surface area contributed by atoms with Gasteiger partial charge in [-0.1, -0.05) is 6.42 Å². The maximum Gasteiger partial charge on any atom is 0.240 e. The molecule has 0 bridgehead atoms. The highest BCUT2D eigenvalue weighted by atomic mass is 19.1. The minimum Gasteiger partial charge on any atom is -0.369 e. The van der Waals surface area contributed by atoms with Crippen LogP contribution in [0.25, 0.3) is 0 Å². The summed E-state index contributed by atoms with van der Waals surface area (Å²) in [5, 5.41) is 2.59. The van der Waals surface area contributed by atoms with Gasteiger partial charge in [0.15, 0.2) is 0 Å². The number of amides is 2. The molecule has 1 fully saturated rings. The molecule has 1 aliphatic rings. The Kier molecular flexibility index (Phi) is 2.83. The summed E-state index contributed by atoms with van der Waals surface area (Å²) in [6, 6.07) is 5.38. The number of benzene rings is 1. The van der Waals surface area contributed by atoms with E-state index in [1.807, 2.05) is 0 Å². The number of halogens is 1. The average Bonchev–Trinajstić information content (AvgIpc) is 2.19. The molecule has 0 aromatic heterocycles. The minimum absolute atomic E-state index is 0.378. The van der Waals surface area contributed by atoms with Crippen LogP contribution in [-0.4, -0.2) is 11.8 Å². The molecule has 0 spiro atoms. The van der Waals surface area contributed by atoms with Gasteiger partial charge in [0.1, 0.15) is 11.2 Å². The molecule has 2 amide bonds. The smallest absolute Gasteiger partial charge is 0.240 e. The summed E-state index contributed by atoms with van der Waals surface area (Å²) in [6.07, 6.45) is 1.78. The van der Waals surface area contributed by atoms with Gasteiger partial charge < -0.3 is 11.1 Å². The highest BCUT2D eigenvalue weighted by molar-refractivity contribution is 6.10. The second kappa shape index (κ2) is 4.16.